The van der Waals surface area contributed by atoms with Crippen molar-refractivity contribution in [1.29, 1.82) is 0 Å². The molecule has 0 unspecified atom stereocenters. The number of benzene rings is 1. The van der Waals surface area contributed by atoms with Crippen LogP contribution >= 0.6 is 0 Å². The van der Waals surface area contributed by atoms with Crippen molar-refractivity contribution in [1.82, 2.24) is 25.2 Å². The molecule has 3 aromatic rings. The number of ether oxygens (including phenoxy) is 11. The van der Waals surface area contributed by atoms with Crippen LogP contribution in [0.2, 0.25) is 0 Å². The van der Waals surface area contributed by atoms with Gasteiger partial charge in [0, 0.05) is 56.5 Å². The molecular formula is C48H79N7O17S. The number of aromatic nitrogens is 3. The Morgan fingerprint density at radius 2 is 1.11 bits per heavy atom. The van der Waals surface area contributed by atoms with Crippen molar-refractivity contribution in [3.05, 3.63) is 24.0 Å². The van der Waals surface area contributed by atoms with Crippen molar-refractivity contribution in [3.8, 4) is 0 Å². The van der Waals surface area contributed by atoms with E-state index in [1.54, 1.807) is 0 Å². The first-order valence-corrected chi connectivity index (χ1v) is 26.8. The molecule has 1 saturated heterocycles. The quantitative estimate of drug-likeness (QED) is 0.0462. The van der Waals surface area contributed by atoms with Gasteiger partial charge in [0.05, 0.1) is 151 Å². The number of aryl methyl sites for hydroxylation is 1. The molecule has 0 saturated carbocycles. The number of ketones is 1. The predicted molar refractivity (Wildman–Crippen MR) is 270 cm³/mol. The van der Waals surface area contributed by atoms with E-state index >= 15 is 0 Å². The molecular weight excluding hydrogens is 979 g/mol. The number of nitrogen functional groups attached to an aromatic ring is 1. The van der Waals surface area contributed by atoms with E-state index in [4.69, 9.17) is 62.8 Å². The largest absolute Gasteiger partial charge is 0.382 e. The zero-order chi connectivity index (χ0) is 52.4. The summed E-state index contributed by atoms with van der Waals surface area (Å²) in [6, 6.07) is 4.37. The van der Waals surface area contributed by atoms with Gasteiger partial charge in [-0.3, -0.25) is 18.9 Å². The van der Waals surface area contributed by atoms with Crippen molar-refractivity contribution in [2.75, 3.05) is 188 Å². The van der Waals surface area contributed by atoms with Gasteiger partial charge in [-0.2, -0.15) is 8.42 Å². The molecule has 1 atom stereocenters. The van der Waals surface area contributed by atoms with Crippen LogP contribution in [0.15, 0.2) is 18.2 Å². The van der Waals surface area contributed by atoms with Crippen molar-refractivity contribution < 1.29 is 79.5 Å². The summed E-state index contributed by atoms with van der Waals surface area (Å²) in [5, 5.41) is 3.33. The van der Waals surface area contributed by atoms with Gasteiger partial charge in [0.1, 0.15) is 40.3 Å². The van der Waals surface area contributed by atoms with Crippen LogP contribution < -0.4 is 16.0 Å². The minimum absolute atomic E-state index is 0.0106. The summed E-state index contributed by atoms with van der Waals surface area (Å²) in [4.78, 5) is 53.4. The number of hydrogen-bond acceptors (Lipinski definition) is 20. The minimum Gasteiger partial charge on any atom is -0.382 e. The third-order valence-electron chi connectivity index (χ3n) is 11.0. The molecule has 0 spiro atoms. The number of hydrogen-bond donors (Lipinski definition) is 4. The van der Waals surface area contributed by atoms with Crippen LogP contribution in [0.25, 0.3) is 21.9 Å². The molecule has 2 aromatic heterocycles. The second-order valence-electron chi connectivity index (χ2n) is 16.8. The van der Waals surface area contributed by atoms with E-state index < -0.39 is 33.7 Å². The summed E-state index contributed by atoms with van der Waals surface area (Å²) in [6.45, 7) is 13.8. The van der Waals surface area contributed by atoms with Crippen molar-refractivity contribution in [2.45, 2.75) is 52.0 Å². The van der Waals surface area contributed by atoms with Gasteiger partial charge in [0.25, 0.3) is 10.1 Å². The molecule has 73 heavy (non-hydrogen) atoms. The number of carbonyl (C=O) groups is 3. The van der Waals surface area contributed by atoms with Crippen LogP contribution in [0.5, 0.6) is 0 Å². The first-order valence-electron chi connectivity index (χ1n) is 25.2. The third kappa shape index (κ3) is 26.2. The van der Waals surface area contributed by atoms with E-state index in [9.17, 15) is 27.4 Å². The molecule has 2 amide bonds. The highest BCUT2D eigenvalue weighted by molar-refractivity contribution is 7.85. The SMILES string of the molecule is CCCCc1nc2c([nH]1)c(N)nc1ccc(N3CCN(C(=O)[C@H](CS(=O)(=O)O)NC(=O)CCOCCOCCOCCOCCOCCOCCOCCOCCOCCOCCOCCC(C)=O)CC3)cc12. The number of imidazole rings is 1. The number of unbranched alkanes of at least 4 members (excludes halogenated alkanes) is 1. The number of nitrogens with two attached hydrogens (primary N) is 1. The Morgan fingerprint density at radius 1 is 0.671 bits per heavy atom. The Kier molecular flexibility index (Phi) is 30.8. The van der Waals surface area contributed by atoms with E-state index in [0.717, 1.165) is 47.2 Å². The number of carbonyl (C=O) groups excluding carboxylic acids is 3. The van der Waals surface area contributed by atoms with Crippen molar-refractivity contribution in [3.63, 3.8) is 0 Å². The zero-order valence-electron chi connectivity index (χ0n) is 42.7. The maximum atomic E-state index is 13.5. The Bertz CT molecular complexity index is 2130. The fraction of sp³-hybridized carbons (Fsp3) is 0.729. The summed E-state index contributed by atoms with van der Waals surface area (Å²) in [5.41, 5.74) is 9.33. The summed E-state index contributed by atoms with van der Waals surface area (Å²) in [5.74, 6) is -0.796. The zero-order valence-corrected chi connectivity index (χ0v) is 43.5. The Morgan fingerprint density at radius 3 is 1.53 bits per heavy atom. The lowest BCUT2D eigenvalue weighted by atomic mass is 10.1. The second-order valence-corrected chi connectivity index (χ2v) is 18.3. The van der Waals surface area contributed by atoms with Crippen molar-refractivity contribution >= 4 is 61.2 Å². The number of pyridine rings is 1. The molecule has 24 nitrogen and oxygen atoms in total. The summed E-state index contributed by atoms with van der Waals surface area (Å²) in [6.07, 6.45) is 3.13. The molecule has 0 bridgehead atoms. The van der Waals surface area contributed by atoms with Crippen molar-refractivity contribution in [2.24, 2.45) is 0 Å². The molecule has 414 valence electrons. The maximum Gasteiger partial charge on any atom is 0.267 e. The highest BCUT2D eigenvalue weighted by atomic mass is 32.2. The number of amides is 2. The molecule has 1 fully saturated rings. The van der Waals surface area contributed by atoms with Crippen LogP contribution in [-0.2, 0) is 83.0 Å². The Hall–Kier alpha value is -4.22. The molecule has 1 aliphatic rings. The van der Waals surface area contributed by atoms with Crippen LogP contribution in [0.1, 0.15) is 45.4 Å². The molecule has 1 aliphatic heterocycles. The fourth-order valence-corrected chi connectivity index (χ4v) is 7.85. The monoisotopic (exact) mass is 1060 g/mol. The predicted octanol–water partition coefficient (Wildman–Crippen LogP) is 1.61. The first kappa shape index (κ1) is 61.3. The molecule has 25 heteroatoms. The van der Waals surface area contributed by atoms with Gasteiger partial charge >= 0.3 is 0 Å². The standard InChI is InChI=1S/C48H79N7O17S/c1-3-4-5-43-52-45-40-36-39(6-7-41(40)51-47(49)46(45)53-43)54-10-12-55(13-11-54)48(58)42(37-73(59,60)61)50-44(57)9-15-63-17-19-65-21-23-67-25-27-69-29-31-71-33-35-72-34-32-70-30-28-68-26-24-66-22-20-64-18-16-62-14-8-38(2)56/h6-7,36,42H,3-5,8-35,37H2,1-2H3,(H2,49,51)(H,50,57)(H,52,53)(H,59,60,61)/t42-/m0/s1. The number of aromatic amines is 1. The second kappa shape index (κ2) is 36.7. The van der Waals surface area contributed by atoms with Gasteiger partial charge in [-0.15, -0.1) is 0 Å². The van der Waals surface area contributed by atoms with Gasteiger partial charge in [-0.1, -0.05) is 13.3 Å². The minimum atomic E-state index is -4.60. The van der Waals surface area contributed by atoms with E-state index in [0.29, 0.717) is 156 Å². The number of H-pyrrole nitrogens is 1. The lowest BCUT2D eigenvalue weighted by Crippen LogP contribution is -2.56. The number of anilines is 2. The molecule has 5 N–H and O–H groups in total. The summed E-state index contributed by atoms with van der Waals surface area (Å²) < 4.78 is 93.4. The molecule has 1 aromatic carbocycles. The molecule has 3 heterocycles. The number of fused-ring (bicyclic) bond motifs is 3. The van der Waals surface area contributed by atoms with Gasteiger partial charge in [-0.05, 0) is 31.5 Å². The van der Waals surface area contributed by atoms with E-state index in [2.05, 4.69) is 27.1 Å². The normalized spacial score (nSPS) is 13.6. The maximum absolute atomic E-state index is 13.5. The topological polar surface area (TPSA) is 293 Å². The van der Waals surface area contributed by atoms with Gasteiger partial charge < -0.3 is 77.9 Å². The van der Waals surface area contributed by atoms with Crippen LogP contribution in [-0.4, -0.2) is 234 Å². The average Bonchev–Trinajstić information content (AvgIpc) is 3.81. The lowest BCUT2D eigenvalue weighted by Gasteiger charge is -2.37. The Labute approximate surface area is 428 Å². The smallest absolute Gasteiger partial charge is 0.267 e. The number of nitrogens with one attached hydrogen (secondary N) is 2. The van der Waals surface area contributed by atoms with Crippen LogP contribution in [0.4, 0.5) is 11.5 Å². The first-order chi connectivity index (χ1) is 35.4. The average molecular weight is 1060 g/mol. The fourth-order valence-electron chi connectivity index (χ4n) is 7.20. The Balaban J connectivity index is 0.920. The number of piperazine rings is 1. The van der Waals surface area contributed by atoms with Gasteiger partial charge in [0.2, 0.25) is 11.8 Å². The highest BCUT2D eigenvalue weighted by Crippen LogP contribution is 2.30. The van der Waals surface area contributed by atoms with E-state index in [-0.39, 0.29) is 45.1 Å². The molecule has 0 aliphatic carbocycles. The lowest BCUT2D eigenvalue weighted by molar-refractivity contribution is -0.136. The summed E-state index contributed by atoms with van der Waals surface area (Å²) >= 11 is 0. The number of rotatable bonds is 44. The summed E-state index contributed by atoms with van der Waals surface area (Å²) in [7, 11) is -4.60. The van der Waals surface area contributed by atoms with Crippen LogP contribution in [0.3, 0.4) is 0 Å². The van der Waals surface area contributed by atoms with Crippen LogP contribution in [0, 0.1) is 0 Å². The third-order valence-corrected chi connectivity index (χ3v) is 11.8. The van der Waals surface area contributed by atoms with Gasteiger partial charge in [-0.25, -0.2) is 9.97 Å². The number of Topliss-reactive ketones (excluding diaryl/α,β-unsaturated/α-hetero) is 1. The molecule has 0 radical (unpaired) electrons. The number of nitrogens with zero attached hydrogens (tertiary/aromatic N) is 4. The van der Waals surface area contributed by atoms with E-state index in [1.165, 1.54) is 11.8 Å². The van der Waals surface area contributed by atoms with E-state index in [1.807, 2.05) is 18.2 Å². The molecule has 4 rings (SSSR count). The van der Waals surface area contributed by atoms with Gasteiger partial charge in [0.15, 0.2) is 0 Å². The highest BCUT2D eigenvalue weighted by Gasteiger charge is 2.32.